The van der Waals surface area contributed by atoms with Crippen molar-refractivity contribution in [3.8, 4) is 5.75 Å². The van der Waals surface area contributed by atoms with Crippen LogP contribution in [0.25, 0.3) is 0 Å². The molecule has 0 aromatic heterocycles. The van der Waals surface area contributed by atoms with Gasteiger partial charge in [-0.2, -0.15) is 0 Å². The molecule has 2 saturated heterocycles. The van der Waals surface area contributed by atoms with Gasteiger partial charge < -0.3 is 52.1 Å². The van der Waals surface area contributed by atoms with Gasteiger partial charge in [0.1, 0.15) is 37.3 Å². The minimum Gasteiger partial charge on any atom is -0.463 e. The van der Waals surface area contributed by atoms with Crippen LogP contribution in [0.1, 0.15) is 48.5 Å². The summed E-state index contributed by atoms with van der Waals surface area (Å²) in [5.74, 6) is -6.24. The van der Waals surface area contributed by atoms with Gasteiger partial charge in [0.15, 0.2) is 36.8 Å². The number of nitrogens with zero attached hydrogens (tertiary/aromatic N) is 1. The monoisotopic (exact) mass is 757 g/mol. The molecule has 0 saturated carbocycles. The van der Waals surface area contributed by atoms with Crippen molar-refractivity contribution in [2.45, 2.75) is 110 Å². The van der Waals surface area contributed by atoms with Crippen LogP contribution in [0.5, 0.6) is 5.75 Å². The molecule has 292 valence electrons. The maximum absolute atomic E-state index is 12.5. The molecule has 2 heterocycles. The molecule has 0 bridgehead atoms. The fourth-order valence-electron chi connectivity index (χ4n) is 5.35. The van der Waals surface area contributed by atoms with Crippen molar-refractivity contribution >= 4 is 47.5 Å². The summed E-state index contributed by atoms with van der Waals surface area (Å²) < 4.78 is 61.9. The summed E-state index contributed by atoms with van der Waals surface area (Å²) in [5, 5.41) is 11.2. The molecule has 0 amide bonds. The molecule has 2 fully saturated rings. The van der Waals surface area contributed by atoms with E-state index in [1.165, 1.54) is 12.1 Å². The third-order valence-corrected chi connectivity index (χ3v) is 7.19. The number of hydrogen-bond donors (Lipinski definition) is 0. The number of ether oxygens (including phenoxy) is 11. The minimum absolute atomic E-state index is 0.0408. The number of carbonyl (C=O) groups excluding carboxylic acids is 7. The van der Waals surface area contributed by atoms with Crippen LogP contribution in [0.4, 0.5) is 5.69 Å². The van der Waals surface area contributed by atoms with Crippen LogP contribution in [-0.2, 0) is 80.9 Å². The van der Waals surface area contributed by atoms with E-state index in [-0.39, 0.29) is 11.4 Å². The Morgan fingerprint density at radius 3 is 1.34 bits per heavy atom. The Balaban J connectivity index is 2.21. The summed E-state index contributed by atoms with van der Waals surface area (Å²) >= 11 is 0. The Hall–Kier alpha value is -5.41. The van der Waals surface area contributed by atoms with Gasteiger partial charge in [0.2, 0.25) is 6.29 Å². The molecule has 2 aliphatic rings. The van der Waals surface area contributed by atoms with Gasteiger partial charge >= 0.3 is 41.8 Å². The number of hydrogen-bond acceptors (Lipinski definition) is 20. The lowest BCUT2D eigenvalue weighted by atomic mass is 9.96. The van der Waals surface area contributed by atoms with E-state index in [0.717, 1.165) is 60.6 Å². The average molecular weight is 758 g/mol. The molecule has 0 unspecified atom stereocenters. The zero-order valence-corrected chi connectivity index (χ0v) is 29.6. The second-order valence-electron chi connectivity index (χ2n) is 11.5. The van der Waals surface area contributed by atoms with Crippen LogP contribution < -0.4 is 4.74 Å². The highest BCUT2D eigenvalue weighted by molar-refractivity contribution is 5.69. The number of nitro benzene ring substituents is 1. The van der Waals surface area contributed by atoms with Crippen LogP contribution >= 0.6 is 0 Å². The first-order valence-electron chi connectivity index (χ1n) is 15.9. The SMILES string of the molecule is CC(=O)OC[C@H]1O[C@H](O[C@H]2[C@@H](OC(C)=O)[C@@H](COC(C)=O)O[C@@H](Oc3ccc([N+](=O)[O-])cc3)[C@@H]2OC(C)=O)[C@H](OC(C)=O)[C@@H](OC(C)=O)[C@H]1OC(C)=O. The van der Waals surface area contributed by atoms with Gasteiger partial charge in [-0.15, -0.1) is 0 Å². The first-order valence-corrected chi connectivity index (χ1v) is 15.9. The minimum atomic E-state index is -1.88. The van der Waals surface area contributed by atoms with E-state index in [9.17, 15) is 43.7 Å². The van der Waals surface area contributed by atoms with Crippen LogP contribution in [-0.4, -0.2) is 121 Å². The van der Waals surface area contributed by atoms with E-state index in [1.54, 1.807) is 0 Å². The quantitative estimate of drug-likeness (QED) is 0.109. The Labute approximate surface area is 301 Å². The number of nitro groups is 1. The molecule has 3 rings (SSSR count). The molecule has 1 aromatic carbocycles. The van der Waals surface area contributed by atoms with Crippen molar-refractivity contribution in [1.82, 2.24) is 0 Å². The topological polar surface area (TPSA) is 264 Å². The van der Waals surface area contributed by atoms with Crippen molar-refractivity contribution in [2.75, 3.05) is 13.2 Å². The summed E-state index contributed by atoms with van der Waals surface area (Å²) in [7, 11) is 0. The number of non-ortho nitro benzene ring substituents is 1. The highest BCUT2D eigenvalue weighted by Crippen LogP contribution is 2.36. The first-order chi connectivity index (χ1) is 24.9. The van der Waals surface area contributed by atoms with Crippen molar-refractivity contribution in [3.05, 3.63) is 34.4 Å². The predicted octanol–water partition coefficient (Wildman–Crippen LogP) is 0.593. The Morgan fingerprint density at radius 2 is 0.925 bits per heavy atom. The third kappa shape index (κ3) is 12.4. The second kappa shape index (κ2) is 18.9. The lowest BCUT2D eigenvalue weighted by Crippen LogP contribution is -2.67. The van der Waals surface area contributed by atoms with Crippen molar-refractivity contribution in [2.24, 2.45) is 0 Å². The largest absolute Gasteiger partial charge is 0.463 e. The molecule has 10 atom stereocenters. The number of esters is 7. The summed E-state index contributed by atoms with van der Waals surface area (Å²) in [6.45, 7) is 6.01. The molecule has 21 nitrogen and oxygen atoms in total. The van der Waals surface area contributed by atoms with Gasteiger partial charge in [-0.05, 0) is 12.1 Å². The van der Waals surface area contributed by atoms with Gasteiger partial charge in [-0.1, -0.05) is 0 Å². The smallest absolute Gasteiger partial charge is 0.303 e. The lowest BCUT2D eigenvalue weighted by molar-refractivity contribution is -0.384. The van der Waals surface area contributed by atoms with Gasteiger partial charge in [0, 0.05) is 60.6 Å². The van der Waals surface area contributed by atoms with Gasteiger partial charge in [0.25, 0.3) is 5.69 Å². The van der Waals surface area contributed by atoms with E-state index in [4.69, 9.17) is 52.1 Å². The molecule has 0 radical (unpaired) electrons. The molecule has 2 aliphatic heterocycles. The molecule has 21 heteroatoms. The first kappa shape index (κ1) is 42.0. The number of benzene rings is 1. The number of carbonyl (C=O) groups is 7. The molecular formula is C32H39NO20. The zero-order valence-electron chi connectivity index (χ0n) is 29.6. The van der Waals surface area contributed by atoms with Crippen molar-refractivity contribution in [3.63, 3.8) is 0 Å². The van der Waals surface area contributed by atoms with Gasteiger partial charge in [0.05, 0.1) is 4.92 Å². The van der Waals surface area contributed by atoms with Crippen LogP contribution in [0, 0.1) is 10.1 Å². The average Bonchev–Trinajstić information content (AvgIpc) is 3.03. The Kier molecular flexibility index (Phi) is 15.0. The van der Waals surface area contributed by atoms with E-state index < -0.39 is 121 Å². The van der Waals surface area contributed by atoms with Crippen molar-refractivity contribution < 1.29 is 90.6 Å². The van der Waals surface area contributed by atoms with Crippen LogP contribution in [0.3, 0.4) is 0 Å². The van der Waals surface area contributed by atoms with E-state index in [2.05, 4.69) is 0 Å². The highest BCUT2D eigenvalue weighted by Gasteiger charge is 2.58. The normalized spacial score (nSPS) is 27.9. The maximum Gasteiger partial charge on any atom is 0.303 e. The van der Waals surface area contributed by atoms with Crippen LogP contribution in [0.15, 0.2) is 24.3 Å². The third-order valence-electron chi connectivity index (χ3n) is 7.19. The summed E-state index contributed by atoms with van der Waals surface area (Å²) in [6.07, 6.45) is -16.6. The molecular weight excluding hydrogens is 718 g/mol. The number of rotatable bonds is 14. The van der Waals surface area contributed by atoms with Crippen LogP contribution in [0.2, 0.25) is 0 Å². The Bertz CT molecular complexity index is 1530. The fraction of sp³-hybridized carbons (Fsp3) is 0.594. The molecule has 53 heavy (non-hydrogen) atoms. The summed E-state index contributed by atoms with van der Waals surface area (Å²) in [4.78, 5) is 96.1. The Morgan fingerprint density at radius 1 is 0.547 bits per heavy atom. The summed E-state index contributed by atoms with van der Waals surface area (Å²) in [6, 6.07) is 4.65. The van der Waals surface area contributed by atoms with Gasteiger partial charge in [-0.25, -0.2) is 0 Å². The molecule has 0 N–H and O–H groups in total. The molecule has 1 aromatic rings. The second-order valence-corrected chi connectivity index (χ2v) is 11.5. The molecule has 0 spiro atoms. The fourth-order valence-corrected chi connectivity index (χ4v) is 5.35. The van der Waals surface area contributed by atoms with E-state index >= 15 is 0 Å². The zero-order chi connectivity index (χ0) is 39.6. The standard InChI is InChI=1S/C32H39NO20/c1-14(34)43-12-23-25(45-16(3)36)27(47-18(5)38)29(48-19(6)39)32(52-23)53-28-26(46-17(4)37)24(13-44-15(2)35)51-31(30(28)49-20(7)40)50-22-10-8-21(9-11-22)33(41)42/h8-11,23-32H,12-13H2,1-7H3/t23-,24-,25+,26+,27+,28+,29-,30-,31-,32-/m1/s1. The van der Waals surface area contributed by atoms with E-state index in [1.807, 2.05) is 0 Å². The molecule has 0 aliphatic carbocycles. The predicted molar refractivity (Wildman–Crippen MR) is 167 cm³/mol. The lowest BCUT2D eigenvalue weighted by Gasteiger charge is -2.48. The van der Waals surface area contributed by atoms with Gasteiger partial charge in [-0.3, -0.25) is 43.7 Å². The van der Waals surface area contributed by atoms with Crippen molar-refractivity contribution in [1.29, 1.82) is 0 Å². The maximum atomic E-state index is 12.5. The summed E-state index contributed by atoms with van der Waals surface area (Å²) in [5.41, 5.74) is -0.286. The highest BCUT2D eigenvalue weighted by atomic mass is 16.8. The van der Waals surface area contributed by atoms with E-state index in [0.29, 0.717) is 0 Å².